The predicted molar refractivity (Wildman–Crippen MR) is 50.6 cm³/mol. The van der Waals surface area contributed by atoms with E-state index in [0.717, 1.165) is 0 Å². The topological polar surface area (TPSA) is 43.4 Å². The first-order valence-electron chi connectivity index (χ1n) is 5.23. The number of rotatable bonds is 7. The van der Waals surface area contributed by atoms with E-state index < -0.39 is 0 Å². The van der Waals surface area contributed by atoms with Gasteiger partial charge < -0.3 is 4.74 Å². The van der Waals surface area contributed by atoms with Crippen molar-refractivity contribution in [2.24, 2.45) is 5.92 Å². The minimum absolute atomic E-state index is 0.119. The van der Waals surface area contributed by atoms with Gasteiger partial charge in [-0.15, -0.1) is 0 Å². The molecule has 0 aromatic rings. The van der Waals surface area contributed by atoms with E-state index in [-0.39, 0.29) is 24.4 Å². The molecule has 0 aromatic carbocycles. The second-order valence-corrected chi connectivity index (χ2v) is 3.08. The fourth-order valence-electron chi connectivity index (χ4n) is 0.716. The second-order valence-electron chi connectivity index (χ2n) is 3.08. The predicted octanol–water partition coefficient (Wildman–Crippen LogP) is 1.60. The quantitative estimate of drug-likeness (QED) is 0.570. The van der Waals surface area contributed by atoms with Crippen LogP contribution < -0.4 is 0 Å². The van der Waals surface area contributed by atoms with Crippen molar-refractivity contribution in [2.75, 3.05) is 13.2 Å². The number of hydrogen-bond acceptors (Lipinski definition) is 3. The van der Waals surface area contributed by atoms with Gasteiger partial charge in [-0.25, -0.2) is 0 Å². The summed E-state index contributed by atoms with van der Waals surface area (Å²) in [4.78, 5) is 21.8. The molecule has 0 heterocycles. The molecule has 0 aliphatic rings. The number of carbonyl (C=O) groups excluding carboxylic acids is 2. The number of ketones is 2. The van der Waals surface area contributed by atoms with Gasteiger partial charge in [-0.1, -0.05) is 13.8 Å². The van der Waals surface area contributed by atoms with E-state index in [1.807, 2.05) is 6.92 Å². The van der Waals surface area contributed by atoms with Crippen LogP contribution in [0.2, 0.25) is 0 Å². The molecule has 0 radical (unpaired) electrons. The summed E-state index contributed by atoms with van der Waals surface area (Å²) in [7, 11) is 0. The molecule has 13 heavy (non-hydrogen) atoms. The van der Waals surface area contributed by atoms with E-state index >= 15 is 0 Å². The average molecular weight is 188 g/mol. The second kappa shape index (κ2) is 6.78. The van der Waals surface area contributed by atoms with E-state index in [1.54, 1.807) is 6.92 Å². The van der Waals surface area contributed by atoms with E-state index in [9.17, 15) is 9.59 Å². The maximum absolute atomic E-state index is 11.0. The molecule has 0 amide bonds. The average Bonchev–Trinajstić information content (AvgIpc) is 2.22. The van der Waals surface area contributed by atoms with Gasteiger partial charge in [0, 0.05) is 20.1 Å². The summed E-state index contributed by atoms with van der Waals surface area (Å²) >= 11 is 0. The monoisotopic (exact) mass is 188 g/mol. The molecule has 0 aliphatic carbocycles. The van der Waals surface area contributed by atoms with Gasteiger partial charge in [-0.05, 0) is 6.90 Å². The Morgan fingerprint density at radius 2 is 2.23 bits per heavy atom. The van der Waals surface area contributed by atoms with Crippen LogP contribution in [0.25, 0.3) is 0 Å². The zero-order valence-electron chi connectivity index (χ0n) is 9.34. The van der Waals surface area contributed by atoms with Gasteiger partial charge in [0.15, 0.2) is 0 Å². The van der Waals surface area contributed by atoms with Gasteiger partial charge in [-0.3, -0.25) is 9.59 Å². The van der Waals surface area contributed by atoms with Crippen molar-refractivity contribution in [3.63, 3.8) is 0 Å². The Hall–Kier alpha value is -0.700. The maximum atomic E-state index is 11.0. The highest BCUT2D eigenvalue weighted by Crippen LogP contribution is 1.98. The molecule has 0 saturated carbocycles. The van der Waals surface area contributed by atoms with Gasteiger partial charge in [0.2, 0.25) is 0 Å². The number of hydrogen-bond donors (Lipinski definition) is 0. The lowest BCUT2D eigenvalue weighted by atomic mass is 10.1. The summed E-state index contributed by atoms with van der Waals surface area (Å²) in [5, 5.41) is 0. The van der Waals surface area contributed by atoms with Crippen LogP contribution in [0.4, 0.5) is 0 Å². The third kappa shape index (κ3) is 6.46. The fraction of sp³-hybridized carbons (Fsp3) is 0.800. The molecular weight excluding hydrogens is 168 g/mol. The van der Waals surface area contributed by atoms with Crippen LogP contribution >= 0.6 is 0 Å². The van der Waals surface area contributed by atoms with Gasteiger partial charge >= 0.3 is 0 Å². The molecule has 3 nitrogen and oxygen atoms in total. The molecule has 1 atom stereocenters. The van der Waals surface area contributed by atoms with Crippen molar-refractivity contribution >= 4 is 11.6 Å². The molecular formula is C10H18O3. The molecule has 0 fully saturated rings. The number of Topliss-reactive ketones (excluding diaryl/α,β-unsaturated/α-hetero) is 2. The van der Waals surface area contributed by atoms with Crippen molar-refractivity contribution in [3.05, 3.63) is 0 Å². The minimum Gasteiger partial charge on any atom is -0.380 e. The molecule has 0 aliphatic heterocycles. The Morgan fingerprint density at radius 3 is 2.77 bits per heavy atom. The normalized spacial score (nSPS) is 13.5. The Labute approximate surface area is 80.9 Å². The Morgan fingerprint density at radius 1 is 1.54 bits per heavy atom. The third-order valence-electron chi connectivity index (χ3n) is 1.84. The Kier molecular flexibility index (Phi) is 5.41. The lowest BCUT2D eigenvalue weighted by molar-refractivity contribution is -0.122. The van der Waals surface area contributed by atoms with Gasteiger partial charge in [-0.2, -0.15) is 0 Å². The molecule has 0 N–H and O–H groups in total. The van der Waals surface area contributed by atoms with Crippen LogP contribution in [-0.4, -0.2) is 24.8 Å². The maximum Gasteiger partial charge on any atom is 0.134 e. The molecule has 0 saturated heterocycles. The SMILES string of the molecule is [3H]CC(=O)C(C)COCCC(=O)CC. The third-order valence-corrected chi connectivity index (χ3v) is 1.84. The Bertz CT molecular complexity index is 192. The lowest BCUT2D eigenvalue weighted by Gasteiger charge is -2.07. The van der Waals surface area contributed by atoms with Crippen molar-refractivity contribution in [3.8, 4) is 0 Å². The van der Waals surface area contributed by atoms with Crippen LogP contribution in [0.1, 0.15) is 35.0 Å². The van der Waals surface area contributed by atoms with Crippen LogP contribution in [0.15, 0.2) is 0 Å². The van der Waals surface area contributed by atoms with E-state index in [4.69, 9.17) is 6.11 Å². The zero-order valence-corrected chi connectivity index (χ0v) is 8.34. The van der Waals surface area contributed by atoms with Gasteiger partial charge in [0.05, 0.1) is 13.2 Å². The first kappa shape index (κ1) is 10.4. The minimum atomic E-state index is -0.232. The summed E-state index contributed by atoms with van der Waals surface area (Å²) in [6, 6.07) is 0. The summed E-state index contributed by atoms with van der Waals surface area (Å²) < 4.78 is 12.0. The smallest absolute Gasteiger partial charge is 0.134 e. The van der Waals surface area contributed by atoms with Crippen LogP contribution in [0.5, 0.6) is 0 Å². The first-order chi connectivity index (χ1) is 6.61. The van der Waals surface area contributed by atoms with E-state index in [0.29, 0.717) is 26.1 Å². The van der Waals surface area contributed by atoms with Crippen LogP contribution in [0.3, 0.4) is 0 Å². The van der Waals surface area contributed by atoms with Crippen LogP contribution in [0, 0.1) is 5.92 Å². The summed E-state index contributed by atoms with van der Waals surface area (Å²) in [5.41, 5.74) is 0. The molecule has 0 aromatic heterocycles. The largest absolute Gasteiger partial charge is 0.380 e. The van der Waals surface area contributed by atoms with Crippen molar-refractivity contribution in [1.82, 2.24) is 0 Å². The molecule has 3 heteroatoms. The molecule has 1 unspecified atom stereocenters. The summed E-state index contributed by atoms with van der Waals surface area (Å²) in [6.07, 6.45) is 0.947. The molecule has 0 bridgehead atoms. The van der Waals surface area contributed by atoms with Gasteiger partial charge in [0.1, 0.15) is 11.6 Å². The molecule has 0 spiro atoms. The fourth-order valence-corrected chi connectivity index (χ4v) is 0.716. The number of carbonyl (C=O) groups is 2. The molecule has 76 valence electrons. The van der Waals surface area contributed by atoms with Crippen molar-refractivity contribution in [2.45, 2.75) is 33.6 Å². The molecule has 0 rings (SSSR count). The van der Waals surface area contributed by atoms with Crippen molar-refractivity contribution < 1.29 is 15.7 Å². The highest BCUT2D eigenvalue weighted by Gasteiger charge is 2.07. The Balaban J connectivity index is 3.45. The van der Waals surface area contributed by atoms with E-state index in [1.165, 1.54) is 0 Å². The lowest BCUT2D eigenvalue weighted by Crippen LogP contribution is -2.15. The zero-order chi connectivity index (χ0) is 11.0. The highest BCUT2D eigenvalue weighted by atomic mass is 16.5. The first-order valence-corrected chi connectivity index (χ1v) is 4.53. The van der Waals surface area contributed by atoms with Crippen LogP contribution in [-0.2, 0) is 14.3 Å². The standard InChI is InChI=1S/C10H18O3/c1-4-10(12)5-6-13-7-8(2)9(3)11/h8H,4-7H2,1-3H3/i3T. The summed E-state index contributed by atoms with van der Waals surface area (Å²) in [6.45, 7) is 4.04. The highest BCUT2D eigenvalue weighted by molar-refractivity contribution is 5.78. The van der Waals surface area contributed by atoms with Gasteiger partial charge in [0.25, 0.3) is 0 Å². The summed E-state index contributed by atoms with van der Waals surface area (Å²) in [5.74, 6) is -0.180. The van der Waals surface area contributed by atoms with E-state index in [2.05, 4.69) is 0 Å². The van der Waals surface area contributed by atoms with Crippen molar-refractivity contribution in [1.29, 1.82) is 0 Å². The number of ether oxygens (including phenoxy) is 1.